The number of para-hydroxylation sites is 1. The molecule has 1 aliphatic rings. The number of likely N-dealkylation sites (N-methyl/N-ethyl adjacent to an activating group) is 1. The Morgan fingerprint density at radius 2 is 1.66 bits per heavy atom. The van der Waals surface area contributed by atoms with Gasteiger partial charge in [-0.2, -0.15) is 0 Å². The zero-order chi connectivity index (χ0) is 21.1. The summed E-state index contributed by atoms with van der Waals surface area (Å²) in [6.07, 6.45) is 4.85. The lowest BCUT2D eigenvalue weighted by Crippen LogP contribution is -2.48. The van der Waals surface area contributed by atoms with E-state index in [1.807, 2.05) is 47.6 Å². The third-order valence-electron chi connectivity index (χ3n) is 6.07. The highest BCUT2D eigenvalue weighted by molar-refractivity contribution is 6.44. The standard InChI is InChI=1S/C23H31N3O3/c1-5-24(6-2)23(29)22(28)19-14-25(20-13-8-7-12-18(19)20)15-21(27)26-16(3)10-9-11-17(26)4/h7-8,12-14,16-17H,5-6,9-11,15H2,1-4H3/t16-,17-/m0/s1. The van der Waals surface area contributed by atoms with Crippen LogP contribution in [0.25, 0.3) is 10.9 Å². The van der Waals surface area contributed by atoms with E-state index in [0.29, 0.717) is 24.0 Å². The van der Waals surface area contributed by atoms with Crippen molar-refractivity contribution in [3.05, 3.63) is 36.0 Å². The third-order valence-corrected chi connectivity index (χ3v) is 6.07. The number of ketones is 1. The minimum absolute atomic E-state index is 0.0551. The summed E-state index contributed by atoms with van der Waals surface area (Å²) in [5.74, 6) is -0.960. The van der Waals surface area contributed by atoms with Gasteiger partial charge >= 0.3 is 0 Å². The maximum atomic E-state index is 13.1. The SMILES string of the molecule is CCN(CC)C(=O)C(=O)c1cn(CC(=O)N2[C@@H](C)CCC[C@@H]2C)c2ccccc12. The zero-order valence-electron chi connectivity index (χ0n) is 17.9. The van der Waals surface area contributed by atoms with Gasteiger partial charge in [0, 0.05) is 42.3 Å². The second-order valence-corrected chi connectivity index (χ2v) is 7.92. The van der Waals surface area contributed by atoms with Crippen LogP contribution in [0.2, 0.25) is 0 Å². The Hall–Kier alpha value is -2.63. The molecule has 0 N–H and O–H groups in total. The van der Waals surface area contributed by atoms with E-state index >= 15 is 0 Å². The van der Waals surface area contributed by atoms with Crippen LogP contribution in [0.5, 0.6) is 0 Å². The van der Waals surface area contributed by atoms with E-state index in [1.54, 1.807) is 6.20 Å². The molecule has 1 saturated heterocycles. The Morgan fingerprint density at radius 1 is 1.03 bits per heavy atom. The van der Waals surface area contributed by atoms with Crippen molar-refractivity contribution < 1.29 is 14.4 Å². The van der Waals surface area contributed by atoms with Gasteiger partial charge in [-0.15, -0.1) is 0 Å². The van der Waals surface area contributed by atoms with Crippen molar-refractivity contribution in [2.75, 3.05) is 13.1 Å². The number of carbonyl (C=O) groups excluding carboxylic acids is 3. The van der Waals surface area contributed by atoms with Crippen LogP contribution in [0.4, 0.5) is 0 Å². The monoisotopic (exact) mass is 397 g/mol. The number of likely N-dealkylation sites (tertiary alicyclic amines) is 1. The number of piperidine rings is 1. The Balaban J connectivity index is 1.93. The Bertz CT molecular complexity index is 903. The van der Waals surface area contributed by atoms with Gasteiger partial charge in [0.05, 0.1) is 5.56 Å². The van der Waals surface area contributed by atoms with E-state index < -0.39 is 11.7 Å². The van der Waals surface area contributed by atoms with E-state index in [1.165, 1.54) is 4.90 Å². The molecule has 0 radical (unpaired) electrons. The molecular weight excluding hydrogens is 366 g/mol. The molecule has 2 aromatic rings. The van der Waals surface area contributed by atoms with Gasteiger partial charge < -0.3 is 14.4 Å². The molecule has 29 heavy (non-hydrogen) atoms. The molecule has 156 valence electrons. The van der Waals surface area contributed by atoms with Gasteiger partial charge in [0.15, 0.2) is 0 Å². The molecule has 1 fully saturated rings. The number of rotatable bonds is 6. The smallest absolute Gasteiger partial charge is 0.295 e. The third kappa shape index (κ3) is 4.07. The van der Waals surface area contributed by atoms with Crippen molar-refractivity contribution in [3.8, 4) is 0 Å². The highest BCUT2D eigenvalue weighted by Gasteiger charge is 2.30. The quantitative estimate of drug-likeness (QED) is 0.554. The van der Waals surface area contributed by atoms with E-state index in [4.69, 9.17) is 0 Å². The maximum Gasteiger partial charge on any atom is 0.295 e. The van der Waals surface area contributed by atoms with Crippen LogP contribution in [0.15, 0.2) is 30.5 Å². The van der Waals surface area contributed by atoms with Crippen LogP contribution in [-0.4, -0.2) is 57.1 Å². The van der Waals surface area contributed by atoms with Gasteiger partial charge in [0.1, 0.15) is 6.54 Å². The Labute approximate surface area is 172 Å². The molecule has 0 spiro atoms. The van der Waals surface area contributed by atoms with E-state index in [0.717, 1.165) is 24.8 Å². The largest absolute Gasteiger partial charge is 0.337 e. The van der Waals surface area contributed by atoms with Crippen molar-refractivity contribution in [1.29, 1.82) is 0 Å². The van der Waals surface area contributed by atoms with Crippen molar-refractivity contribution in [2.24, 2.45) is 0 Å². The average Bonchev–Trinajstić information content (AvgIpc) is 3.06. The minimum atomic E-state index is -0.518. The molecule has 2 heterocycles. The first-order chi connectivity index (χ1) is 13.9. The fraction of sp³-hybridized carbons (Fsp3) is 0.522. The highest BCUT2D eigenvalue weighted by Crippen LogP contribution is 2.26. The fourth-order valence-corrected chi connectivity index (χ4v) is 4.47. The van der Waals surface area contributed by atoms with Crippen LogP contribution < -0.4 is 0 Å². The first-order valence-corrected chi connectivity index (χ1v) is 10.6. The number of benzene rings is 1. The summed E-state index contributed by atoms with van der Waals surface area (Å²) in [5.41, 5.74) is 1.17. The predicted molar refractivity (Wildman–Crippen MR) is 114 cm³/mol. The summed E-state index contributed by atoms with van der Waals surface area (Å²) in [5, 5.41) is 0.713. The highest BCUT2D eigenvalue weighted by atomic mass is 16.2. The molecule has 0 unspecified atom stereocenters. The minimum Gasteiger partial charge on any atom is -0.337 e. The first kappa shape index (κ1) is 21.1. The average molecular weight is 398 g/mol. The van der Waals surface area contributed by atoms with Crippen LogP contribution in [0.3, 0.4) is 0 Å². The predicted octanol–water partition coefficient (Wildman–Crippen LogP) is 3.48. The molecular formula is C23H31N3O3. The molecule has 0 saturated carbocycles. The lowest BCUT2D eigenvalue weighted by Gasteiger charge is -2.39. The topological polar surface area (TPSA) is 62.6 Å². The molecule has 2 atom stereocenters. The molecule has 1 aromatic carbocycles. The van der Waals surface area contributed by atoms with Crippen LogP contribution in [0, 0.1) is 0 Å². The van der Waals surface area contributed by atoms with E-state index in [-0.39, 0.29) is 24.5 Å². The van der Waals surface area contributed by atoms with Gasteiger partial charge in [0.2, 0.25) is 5.91 Å². The number of fused-ring (bicyclic) bond motifs is 1. The van der Waals surface area contributed by atoms with Gasteiger partial charge in [-0.25, -0.2) is 0 Å². The summed E-state index contributed by atoms with van der Waals surface area (Å²) >= 11 is 0. The summed E-state index contributed by atoms with van der Waals surface area (Å²) in [7, 11) is 0. The Kier molecular flexibility index (Phi) is 6.40. The summed E-state index contributed by atoms with van der Waals surface area (Å²) in [6.45, 7) is 9.06. The number of hydrogen-bond donors (Lipinski definition) is 0. The maximum absolute atomic E-state index is 13.1. The molecule has 1 aliphatic heterocycles. The van der Waals surface area contributed by atoms with Gasteiger partial charge in [-0.3, -0.25) is 14.4 Å². The van der Waals surface area contributed by atoms with Gasteiger partial charge in [-0.1, -0.05) is 18.2 Å². The zero-order valence-corrected chi connectivity index (χ0v) is 17.9. The van der Waals surface area contributed by atoms with Crippen molar-refractivity contribution in [2.45, 2.75) is 65.6 Å². The van der Waals surface area contributed by atoms with Crippen LogP contribution in [-0.2, 0) is 16.1 Å². The molecule has 0 bridgehead atoms. The molecule has 2 amide bonds. The number of amides is 2. The van der Waals surface area contributed by atoms with Crippen LogP contribution >= 0.6 is 0 Å². The van der Waals surface area contributed by atoms with Crippen molar-refractivity contribution in [3.63, 3.8) is 0 Å². The number of hydrogen-bond acceptors (Lipinski definition) is 3. The van der Waals surface area contributed by atoms with Crippen molar-refractivity contribution in [1.82, 2.24) is 14.4 Å². The molecule has 3 rings (SSSR count). The molecule has 6 nitrogen and oxygen atoms in total. The number of Topliss-reactive ketones (excluding diaryl/α,β-unsaturated/α-hetero) is 1. The number of aromatic nitrogens is 1. The second kappa shape index (κ2) is 8.80. The fourth-order valence-electron chi connectivity index (χ4n) is 4.47. The molecule has 0 aliphatic carbocycles. The van der Waals surface area contributed by atoms with E-state index in [9.17, 15) is 14.4 Å². The number of carbonyl (C=O) groups is 3. The molecule has 6 heteroatoms. The summed E-state index contributed by atoms with van der Waals surface area (Å²) in [4.78, 5) is 42.1. The lowest BCUT2D eigenvalue weighted by atomic mass is 9.97. The van der Waals surface area contributed by atoms with Gasteiger partial charge in [0.25, 0.3) is 11.7 Å². The van der Waals surface area contributed by atoms with E-state index in [2.05, 4.69) is 13.8 Å². The summed E-state index contributed by atoms with van der Waals surface area (Å²) < 4.78 is 1.81. The first-order valence-electron chi connectivity index (χ1n) is 10.6. The van der Waals surface area contributed by atoms with Crippen LogP contribution in [0.1, 0.15) is 57.3 Å². The number of nitrogens with zero attached hydrogens (tertiary/aromatic N) is 3. The Morgan fingerprint density at radius 3 is 2.28 bits per heavy atom. The second-order valence-electron chi connectivity index (χ2n) is 7.92. The van der Waals surface area contributed by atoms with Crippen molar-refractivity contribution >= 4 is 28.5 Å². The molecule has 1 aromatic heterocycles. The summed E-state index contributed by atoms with van der Waals surface area (Å²) in [6, 6.07) is 7.91. The lowest BCUT2D eigenvalue weighted by molar-refractivity contribution is -0.137. The normalized spacial score (nSPS) is 19.4. The van der Waals surface area contributed by atoms with Gasteiger partial charge in [-0.05, 0) is 53.0 Å².